The van der Waals surface area contributed by atoms with Gasteiger partial charge in [-0.05, 0) is 18.4 Å². The predicted octanol–water partition coefficient (Wildman–Crippen LogP) is 2.57. The number of benzene rings is 1. The lowest BCUT2D eigenvalue weighted by Crippen LogP contribution is -2.12. The van der Waals surface area contributed by atoms with Crippen molar-refractivity contribution in [2.75, 3.05) is 14.2 Å². The van der Waals surface area contributed by atoms with Gasteiger partial charge in [0.05, 0.1) is 26.1 Å². The van der Waals surface area contributed by atoms with E-state index >= 15 is 0 Å². The second-order valence-electron chi connectivity index (χ2n) is 4.72. The minimum Gasteiger partial charge on any atom is -0.477 e. The van der Waals surface area contributed by atoms with Gasteiger partial charge in [-0.3, -0.25) is 0 Å². The topological polar surface area (TPSA) is 44.2 Å². The fourth-order valence-corrected chi connectivity index (χ4v) is 2.44. The van der Waals surface area contributed by atoms with E-state index in [9.17, 15) is 0 Å². The average molecular weight is 256 g/mol. The number of hydrogen-bond acceptors (Lipinski definition) is 4. The first-order valence-corrected chi connectivity index (χ1v) is 6.31. The lowest BCUT2D eigenvalue weighted by molar-refractivity contribution is 0.329. The number of ether oxygens (including phenoxy) is 2. The third-order valence-corrected chi connectivity index (χ3v) is 3.66. The largest absolute Gasteiger partial charge is 0.477 e. The Morgan fingerprint density at radius 1 is 1.00 bits per heavy atom. The molecule has 19 heavy (non-hydrogen) atoms. The maximum Gasteiger partial charge on any atom is 0.278 e. The van der Waals surface area contributed by atoms with Crippen LogP contribution in [0.2, 0.25) is 0 Å². The highest BCUT2D eigenvalue weighted by molar-refractivity contribution is 5.42. The van der Waals surface area contributed by atoms with E-state index in [-0.39, 0.29) is 5.41 Å². The molecule has 1 fully saturated rings. The summed E-state index contributed by atoms with van der Waals surface area (Å²) in [7, 11) is 3.15. The van der Waals surface area contributed by atoms with E-state index in [1.807, 2.05) is 6.07 Å². The highest BCUT2D eigenvalue weighted by atomic mass is 16.5. The molecule has 0 amide bonds. The first kappa shape index (κ1) is 12.0. The molecule has 1 aromatic heterocycles. The van der Waals surface area contributed by atoms with Crippen molar-refractivity contribution < 1.29 is 9.47 Å². The van der Waals surface area contributed by atoms with Crippen molar-refractivity contribution >= 4 is 0 Å². The predicted molar refractivity (Wildman–Crippen MR) is 71.6 cm³/mol. The van der Waals surface area contributed by atoms with Crippen molar-refractivity contribution in [3.8, 4) is 11.8 Å². The zero-order valence-corrected chi connectivity index (χ0v) is 11.1. The highest BCUT2D eigenvalue weighted by Crippen LogP contribution is 2.53. The summed E-state index contributed by atoms with van der Waals surface area (Å²) in [6, 6.07) is 10.4. The molecule has 0 saturated heterocycles. The Morgan fingerprint density at radius 2 is 1.68 bits per heavy atom. The summed E-state index contributed by atoms with van der Waals surface area (Å²) >= 11 is 0. The molecule has 1 saturated carbocycles. The summed E-state index contributed by atoms with van der Waals surface area (Å²) < 4.78 is 10.4. The van der Waals surface area contributed by atoms with Gasteiger partial charge in [-0.2, -0.15) is 0 Å². The number of rotatable bonds is 4. The molecule has 1 aliphatic rings. The Kier molecular flexibility index (Phi) is 2.85. The van der Waals surface area contributed by atoms with Crippen LogP contribution in [0.15, 0.2) is 36.5 Å². The SMILES string of the molecule is COc1ncc(C2(c3ccccc3)CC2)nc1OC. The van der Waals surface area contributed by atoms with Gasteiger partial charge >= 0.3 is 0 Å². The Labute approximate surface area is 112 Å². The molecule has 0 radical (unpaired) electrons. The van der Waals surface area contributed by atoms with Gasteiger partial charge in [0, 0.05) is 5.41 Å². The van der Waals surface area contributed by atoms with E-state index < -0.39 is 0 Å². The monoisotopic (exact) mass is 256 g/mol. The molecule has 2 aromatic rings. The summed E-state index contributed by atoms with van der Waals surface area (Å²) in [6.07, 6.45) is 3.99. The lowest BCUT2D eigenvalue weighted by atomic mass is 9.93. The molecule has 0 atom stereocenters. The Bertz CT molecular complexity index is 580. The second-order valence-corrected chi connectivity index (χ2v) is 4.72. The van der Waals surface area contributed by atoms with Crippen molar-refractivity contribution in [2.24, 2.45) is 0 Å². The van der Waals surface area contributed by atoms with E-state index in [0.29, 0.717) is 11.8 Å². The van der Waals surface area contributed by atoms with Gasteiger partial charge in [0.2, 0.25) is 0 Å². The van der Waals surface area contributed by atoms with Gasteiger partial charge in [0.25, 0.3) is 11.8 Å². The Hall–Kier alpha value is -2.10. The minimum atomic E-state index is 0.00775. The van der Waals surface area contributed by atoms with Crippen molar-refractivity contribution in [1.29, 1.82) is 0 Å². The molecule has 0 N–H and O–H groups in total. The molecule has 0 unspecified atom stereocenters. The quantitative estimate of drug-likeness (QED) is 0.843. The third-order valence-electron chi connectivity index (χ3n) is 3.66. The lowest BCUT2D eigenvalue weighted by Gasteiger charge is -2.16. The van der Waals surface area contributed by atoms with E-state index in [0.717, 1.165) is 18.5 Å². The van der Waals surface area contributed by atoms with E-state index in [1.165, 1.54) is 5.56 Å². The molecular formula is C15H16N2O2. The van der Waals surface area contributed by atoms with Crippen LogP contribution in [0.1, 0.15) is 24.1 Å². The summed E-state index contributed by atoms with van der Waals surface area (Å²) in [5, 5.41) is 0. The van der Waals surface area contributed by atoms with Gasteiger partial charge in [0.15, 0.2) is 0 Å². The molecule has 0 bridgehead atoms. The van der Waals surface area contributed by atoms with Crippen LogP contribution in [0.3, 0.4) is 0 Å². The highest BCUT2D eigenvalue weighted by Gasteiger charge is 2.47. The van der Waals surface area contributed by atoms with Crippen molar-refractivity contribution in [2.45, 2.75) is 18.3 Å². The first-order valence-electron chi connectivity index (χ1n) is 6.31. The first-order chi connectivity index (χ1) is 9.30. The Morgan fingerprint density at radius 3 is 2.26 bits per heavy atom. The van der Waals surface area contributed by atoms with Crippen LogP contribution in [0.4, 0.5) is 0 Å². The zero-order valence-electron chi connectivity index (χ0n) is 11.1. The van der Waals surface area contributed by atoms with Crippen LogP contribution in [0, 0.1) is 0 Å². The van der Waals surface area contributed by atoms with Crippen molar-refractivity contribution in [3.05, 3.63) is 47.8 Å². The molecule has 0 spiro atoms. The summed E-state index contributed by atoms with van der Waals surface area (Å²) in [5.41, 5.74) is 2.25. The summed E-state index contributed by atoms with van der Waals surface area (Å²) in [6.45, 7) is 0. The molecule has 1 heterocycles. The molecule has 0 aliphatic heterocycles. The van der Waals surface area contributed by atoms with Crippen LogP contribution >= 0.6 is 0 Å². The molecule has 3 rings (SSSR count). The van der Waals surface area contributed by atoms with Gasteiger partial charge in [-0.1, -0.05) is 30.3 Å². The second kappa shape index (κ2) is 4.53. The molecule has 4 heteroatoms. The number of methoxy groups -OCH3 is 2. The summed E-state index contributed by atoms with van der Waals surface area (Å²) in [5.74, 6) is 0.873. The van der Waals surface area contributed by atoms with Gasteiger partial charge in [-0.25, -0.2) is 9.97 Å². The van der Waals surface area contributed by atoms with Gasteiger partial charge in [0.1, 0.15) is 0 Å². The zero-order chi connectivity index (χ0) is 13.3. The van der Waals surface area contributed by atoms with Crippen LogP contribution in [-0.4, -0.2) is 24.2 Å². The molecule has 1 aromatic carbocycles. The van der Waals surface area contributed by atoms with Crippen molar-refractivity contribution in [1.82, 2.24) is 9.97 Å². The maximum absolute atomic E-state index is 5.24. The molecule has 4 nitrogen and oxygen atoms in total. The average Bonchev–Trinajstić information content (AvgIpc) is 3.29. The van der Waals surface area contributed by atoms with E-state index in [4.69, 9.17) is 9.47 Å². The number of aromatic nitrogens is 2. The fourth-order valence-electron chi connectivity index (χ4n) is 2.44. The Balaban J connectivity index is 2.03. The number of nitrogens with zero attached hydrogens (tertiary/aromatic N) is 2. The fraction of sp³-hybridized carbons (Fsp3) is 0.333. The van der Waals surface area contributed by atoms with Crippen molar-refractivity contribution in [3.63, 3.8) is 0 Å². The minimum absolute atomic E-state index is 0.00775. The van der Waals surface area contributed by atoms with Crippen LogP contribution in [0.25, 0.3) is 0 Å². The van der Waals surface area contributed by atoms with Crippen LogP contribution in [0.5, 0.6) is 11.8 Å². The smallest absolute Gasteiger partial charge is 0.278 e. The standard InChI is InChI=1S/C15H16N2O2/c1-18-13-14(19-2)17-12(10-16-13)15(8-9-15)11-6-4-3-5-7-11/h3-7,10H,8-9H2,1-2H3. The van der Waals surface area contributed by atoms with Gasteiger partial charge in [-0.15, -0.1) is 0 Å². The normalized spacial score (nSPS) is 15.9. The number of hydrogen-bond donors (Lipinski definition) is 0. The molecular weight excluding hydrogens is 240 g/mol. The van der Waals surface area contributed by atoms with Crippen LogP contribution in [-0.2, 0) is 5.41 Å². The maximum atomic E-state index is 5.24. The molecule has 1 aliphatic carbocycles. The van der Waals surface area contributed by atoms with E-state index in [1.54, 1.807) is 20.4 Å². The molecule has 98 valence electrons. The van der Waals surface area contributed by atoms with E-state index in [2.05, 4.69) is 34.2 Å². The van der Waals surface area contributed by atoms with Crippen LogP contribution < -0.4 is 9.47 Å². The third kappa shape index (κ3) is 1.93. The van der Waals surface area contributed by atoms with Gasteiger partial charge < -0.3 is 9.47 Å². The summed E-state index contributed by atoms with van der Waals surface area (Å²) in [4.78, 5) is 8.85.